The summed E-state index contributed by atoms with van der Waals surface area (Å²) in [4.78, 5) is 8.25. The van der Waals surface area contributed by atoms with Crippen molar-refractivity contribution in [2.45, 2.75) is 6.92 Å². The van der Waals surface area contributed by atoms with Crippen LogP contribution in [0.2, 0.25) is 0 Å². The first kappa shape index (κ1) is 9.45. The van der Waals surface area contributed by atoms with E-state index in [4.69, 9.17) is 11.5 Å². The first-order valence-electron chi connectivity index (χ1n) is 4.60. The Morgan fingerprint density at radius 1 is 1.07 bits per heavy atom. The lowest BCUT2D eigenvalue weighted by atomic mass is 10.1. The Morgan fingerprint density at radius 2 is 1.87 bits per heavy atom. The van der Waals surface area contributed by atoms with Crippen molar-refractivity contribution in [2.24, 2.45) is 0 Å². The molecular weight excluding hydrogens is 188 g/mol. The van der Waals surface area contributed by atoms with Crippen molar-refractivity contribution in [3.05, 3.63) is 36.3 Å². The smallest absolute Gasteiger partial charge is 0.0722 e. The third kappa shape index (κ3) is 1.88. The summed E-state index contributed by atoms with van der Waals surface area (Å²) in [6, 6.07) is 3.76. The fourth-order valence-electron chi connectivity index (χ4n) is 1.32. The van der Waals surface area contributed by atoms with E-state index in [-0.39, 0.29) is 0 Å². The molecule has 0 radical (unpaired) electrons. The van der Waals surface area contributed by atoms with Crippen LogP contribution in [0.5, 0.6) is 0 Å². The summed E-state index contributed by atoms with van der Waals surface area (Å²) in [5.74, 6) is 0. The van der Waals surface area contributed by atoms with E-state index in [1.807, 2.05) is 19.1 Å². The molecule has 2 heterocycles. The van der Waals surface area contributed by atoms with Gasteiger partial charge in [-0.25, -0.2) is 0 Å². The Kier molecular flexibility index (Phi) is 2.25. The number of rotatable bonds is 1. The molecule has 0 aromatic carbocycles. The zero-order valence-corrected chi connectivity index (χ0v) is 8.44. The van der Waals surface area contributed by atoms with Crippen molar-refractivity contribution in [1.82, 2.24) is 9.97 Å². The third-order valence-corrected chi connectivity index (χ3v) is 2.21. The number of nitrogens with two attached hydrogens (primary N) is 2. The van der Waals surface area contributed by atoms with Crippen LogP contribution in [-0.2, 0) is 0 Å². The minimum Gasteiger partial charge on any atom is -0.397 e. The number of pyridine rings is 2. The number of aryl methyl sites for hydroxylation is 1. The molecule has 0 amide bonds. The van der Waals surface area contributed by atoms with Crippen LogP contribution in [0.4, 0.5) is 11.4 Å². The minimum atomic E-state index is 0.628. The molecule has 2 aromatic heterocycles. The van der Waals surface area contributed by atoms with Crippen LogP contribution in [0.1, 0.15) is 5.56 Å². The molecule has 0 aliphatic carbocycles. The van der Waals surface area contributed by atoms with Crippen LogP contribution in [0.3, 0.4) is 0 Å². The van der Waals surface area contributed by atoms with Crippen LogP contribution in [0.15, 0.2) is 30.7 Å². The highest BCUT2D eigenvalue weighted by atomic mass is 14.7. The van der Waals surface area contributed by atoms with E-state index in [9.17, 15) is 0 Å². The Balaban J connectivity index is 2.50. The zero-order valence-electron chi connectivity index (χ0n) is 8.44. The quantitative estimate of drug-likeness (QED) is 0.733. The molecule has 4 nitrogen and oxygen atoms in total. The summed E-state index contributed by atoms with van der Waals surface area (Å²) in [6.07, 6.45) is 4.98. The SMILES string of the molecule is Cc1cc(-c2cncc(N)c2)ncc1N. The predicted octanol–water partition coefficient (Wildman–Crippen LogP) is 1.62. The van der Waals surface area contributed by atoms with Gasteiger partial charge in [0.05, 0.1) is 23.3 Å². The number of hydrogen-bond acceptors (Lipinski definition) is 4. The second-order valence-electron chi connectivity index (χ2n) is 3.43. The molecule has 2 rings (SSSR count). The summed E-state index contributed by atoms with van der Waals surface area (Å²) >= 11 is 0. The molecule has 0 aliphatic rings. The molecule has 0 bridgehead atoms. The van der Waals surface area contributed by atoms with Gasteiger partial charge in [-0.3, -0.25) is 9.97 Å². The maximum Gasteiger partial charge on any atom is 0.0722 e. The van der Waals surface area contributed by atoms with Crippen molar-refractivity contribution >= 4 is 11.4 Å². The third-order valence-electron chi connectivity index (χ3n) is 2.21. The van der Waals surface area contributed by atoms with E-state index in [2.05, 4.69) is 9.97 Å². The Labute approximate surface area is 88.0 Å². The second-order valence-corrected chi connectivity index (χ2v) is 3.43. The number of anilines is 2. The van der Waals surface area contributed by atoms with E-state index in [0.717, 1.165) is 16.8 Å². The molecule has 4 N–H and O–H groups in total. The van der Waals surface area contributed by atoms with E-state index in [1.165, 1.54) is 0 Å². The average Bonchev–Trinajstić information content (AvgIpc) is 2.22. The van der Waals surface area contributed by atoms with Crippen molar-refractivity contribution in [2.75, 3.05) is 11.5 Å². The van der Waals surface area contributed by atoms with Gasteiger partial charge in [0, 0.05) is 18.0 Å². The van der Waals surface area contributed by atoms with Crippen molar-refractivity contribution in [1.29, 1.82) is 0 Å². The number of nitrogen functional groups attached to an aromatic ring is 2. The first-order valence-corrected chi connectivity index (χ1v) is 4.60. The monoisotopic (exact) mass is 200 g/mol. The summed E-state index contributed by atoms with van der Waals surface area (Å²) in [7, 11) is 0. The topological polar surface area (TPSA) is 77.8 Å². The van der Waals surface area contributed by atoms with Gasteiger partial charge in [-0.2, -0.15) is 0 Å². The molecular formula is C11H12N4. The van der Waals surface area contributed by atoms with Gasteiger partial charge in [-0.05, 0) is 24.6 Å². The average molecular weight is 200 g/mol. The minimum absolute atomic E-state index is 0.628. The first-order chi connectivity index (χ1) is 7.16. The van der Waals surface area contributed by atoms with E-state index in [1.54, 1.807) is 18.6 Å². The molecule has 4 heteroatoms. The van der Waals surface area contributed by atoms with E-state index >= 15 is 0 Å². The molecule has 0 unspecified atom stereocenters. The zero-order chi connectivity index (χ0) is 10.8. The van der Waals surface area contributed by atoms with Gasteiger partial charge in [0.15, 0.2) is 0 Å². The molecule has 15 heavy (non-hydrogen) atoms. The van der Waals surface area contributed by atoms with Crippen molar-refractivity contribution in [3.8, 4) is 11.3 Å². The van der Waals surface area contributed by atoms with E-state index in [0.29, 0.717) is 11.4 Å². The molecule has 0 aliphatic heterocycles. The lowest BCUT2D eigenvalue weighted by molar-refractivity contribution is 1.26. The summed E-state index contributed by atoms with van der Waals surface area (Å²) < 4.78 is 0. The molecule has 0 fully saturated rings. The van der Waals surface area contributed by atoms with Gasteiger partial charge >= 0.3 is 0 Å². The van der Waals surface area contributed by atoms with Gasteiger partial charge in [0.1, 0.15) is 0 Å². The van der Waals surface area contributed by atoms with Gasteiger partial charge in [0.2, 0.25) is 0 Å². The number of aromatic nitrogens is 2. The highest BCUT2D eigenvalue weighted by Gasteiger charge is 2.02. The highest BCUT2D eigenvalue weighted by Crippen LogP contribution is 2.21. The second kappa shape index (κ2) is 3.57. The van der Waals surface area contributed by atoms with Gasteiger partial charge in [0.25, 0.3) is 0 Å². The van der Waals surface area contributed by atoms with E-state index < -0.39 is 0 Å². The Hall–Kier alpha value is -2.10. The van der Waals surface area contributed by atoms with Gasteiger partial charge < -0.3 is 11.5 Å². The van der Waals surface area contributed by atoms with Crippen LogP contribution in [0.25, 0.3) is 11.3 Å². The predicted molar refractivity (Wildman–Crippen MR) is 61.0 cm³/mol. The normalized spacial score (nSPS) is 10.2. The molecule has 76 valence electrons. The standard InChI is InChI=1S/C11H12N4/c1-7-2-11(15-6-10(7)13)8-3-9(12)5-14-4-8/h2-6H,12-13H2,1H3. The lowest BCUT2D eigenvalue weighted by Gasteiger charge is -2.04. The number of hydrogen-bond donors (Lipinski definition) is 2. The summed E-state index contributed by atoms with van der Waals surface area (Å²) in [6.45, 7) is 1.94. The van der Waals surface area contributed by atoms with Crippen LogP contribution in [0, 0.1) is 6.92 Å². The summed E-state index contributed by atoms with van der Waals surface area (Å²) in [5.41, 5.74) is 15.4. The highest BCUT2D eigenvalue weighted by molar-refractivity contribution is 5.64. The van der Waals surface area contributed by atoms with Gasteiger partial charge in [-0.1, -0.05) is 0 Å². The molecule has 0 spiro atoms. The summed E-state index contributed by atoms with van der Waals surface area (Å²) in [5, 5.41) is 0. The molecule has 0 saturated heterocycles. The lowest BCUT2D eigenvalue weighted by Crippen LogP contribution is -1.94. The van der Waals surface area contributed by atoms with Crippen LogP contribution >= 0.6 is 0 Å². The largest absolute Gasteiger partial charge is 0.397 e. The maximum atomic E-state index is 5.69. The fourth-order valence-corrected chi connectivity index (χ4v) is 1.32. The molecule has 2 aromatic rings. The van der Waals surface area contributed by atoms with Crippen molar-refractivity contribution < 1.29 is 0 Å². The number of nitrogens with zero attached hydrogens (tertiary/aromatic N) is 2. The Morgan fingerprint density at radius 3 is 2.53 bits per heavy atom. The van der Waals surface area contributed by atoms with Crippen molar-refractivity contribution in [3.63, 3.8) is 0 Å². The maximum absolute atomic E-state index is 5.69. The molecule has 0 saturated carbocycles. The Bertz CT molecular complexity index is 494. The van der Waals surface area contributed by atoms with Crippen LogP contribution in [-0.4, -0.2) is 9.97 Å². The van der Waals surface area contributed by atoms with Gasteiger partial charge in [-0.15, -0.1) is 0 Å². The van der Waals surface area contributed by atoms with Crippen LogP contribution < -0.4 is 11.5 Å². The fraction of sp³-hybridized carbons (Fsp3) is 0.0909. The molecule has 0 atom stereocenters.